The van der Waals surface area contributed by atoms with Crippen LogP contribution in [0.2, 0.25) is 0 Å². The van der Waals surface area contributed by atoms with E-state index in [1.54, 1.807) is 31.6 Å². The van der Waals surface area contributed by atoms with E-state index in [2.05, 4.69) is 71.0 Å². The van der Waals surface area contributed by atoms with Gasteiger partial charge in [0.15, 0.2) is 5.96 Å². The lowest BCUT2D eigenvalue weighted by molar-refractivity contribution is -0.115. The Balaban J connectivity index is 1.73. The highest BCUT2D eigenvalue weighted by molar-refractivity contribution is 5.94. The maximum Gasteiger partial charge on any atom is 0.243 e. The quantitative estimate of drug-likeness (QED) is 0.542. The topological polar surface area (TPSA) is 78.4 Å². The molecule has 6 heteroatoms. The summed E-state index contributed by atoms with van der Waals surface area (Å²) < 4.78 is 0. The van der Waals surface area contributed by atoms with E-state index >= 15 is 0 Å². The molecule has 0 atom stereocenters. The monoisotopic (exact) mass is 367 g/mol. The van der Waals surface area contributed by atoms with Crippen LogP contribution in [-0.2, 0) is 16.6 Å². The number of pyridine rings is 1. The van der Waals surface area contributed by atoms with Crippen molar-refractivity contribution in [3.63, 3.8) is 0 Å². The fourth-order valence-electron chi connectivity index (χ4n) is 2.52. The fourth-order valence-corrected chi connectivity index (χ4v) is 2.52. The van der Waals surface area contributed by atoms with Crippen molar-refractivity contribution < 1.29 is 4.79 Å². The van der Waals surface area contributed by atoms with Crippen molar-refractivity contribution in [3.8, 4) is 0 Å². The fraction of sp³-hybridized carbons (Fsp3) is 0.381. The molecule has 0 saturated heterocycles. The summed E-state index contributed by atoms with van der Waals surface area (Å²) in [4.78, 5) is 20.1. The summed E-state index contributed by atoms with van der Waals surface area (Å²) in [5, 5.41) is 9.01. The number of carbonyl (C=O) groups is 1. The highest BCUT2D eigenvalue weighted by Gasteiger charge is 2.12. The largest absolute Gasteiger partial charge is 0.356 e. The van der Waals surface area contributed by atoms with E-state index in [0.29, 0.717) is 11.6 Å². The van der Waals surface area contributed by atoms with E-state index in [4.69, 9.17) is 0 Å². The van der Waals surface area contributed by atoms with E-state index in [-0.39, 0.29) is 17.9 Å². The first-order valence-corrected chi connectivity index (χ1v) is 9.12. The molecule has 1 aromatic carbocycles. The minimum Gasteiger partial charge on any atom is -0.356 e. The SMILES string of the molecule is CN=C(NCCc1ccc(C(C)(C)C)cc1)NCC(=O)Nc1cccnc1. The van der Waals surface area contributed by atoms with Gasteiger partial charge in [0, 0.05) is 19.8 Å². The van der Waals surface area contributed by atoms with E-state index in [1.807, 2.05) is 0 Å². The minimum atomic E-state index is -0.149. The highest BCUT2D eigenvalue weighted by Crippen LogP contribution is 2.22. The average Bonchev–Trinajstić information content (AvgIpc) is 2.65. The molecule has 1 aromatic heterocycles. The zero-order chi connectivity index (χ0) is 19.7. The van der Waals surface area contributed by atoms with Crippen LogP contribution in [0.25, 0.3) is 0 Å². The molecule has 0 unspecified atom stereocenters. The number of rotatable bonds is 6. The third-order valence-electron chi connectivity index (χ3n) is 4.11. The van der Waals surface area contributed by atoms with Gasteiger partial charge in [0.05, 0.1) is 18.4 Å². The number of guanidine groups is 1. The summed E-state index contributed by atoms with van der Waals surface area (Å²) in [6, 6.07) is 12.3. The lowest BCUT2D eigenvalue weighted by Crippen LogP contribution is -2.42. The van der Waals surface area contributed by atoms with Crippen molar-refractivity contribution in [3.05, 3.63) is 59.9 Å². The van der Waals surface area contributed by atoms with Crippen LogP contribution in [0.3, 0.4) is 0 Å². The van der Waals surface area contributed by atoms with Gasteiger partial charge in [-0.05, 0) is 35.1 Å². The summed E-state index contributed by atoms with van der Waals surface area (Å²) >= 11 is 0. The number of nitrogens with one attached hydrogen (secondary N) is 3. The Kier molecular flexibility index (Phi) is 7.34. The molecule has 0 fully saturated rings. The average molecular weight is 367 g/mol. The smallest absolute Gasteiger partial charge is 0.243 e. The number of hydrogen-bond donors (Lipinski definition) is 3. The molecule has 27 heavy (non-hydrogen) atoms. The molecule has 0 saturated carbocycles. The second kappa shape index (κ2) is 9.71. The molecule has 0 radical (unpaired) electrons. The molecule has 0 aliphatic heterocycles. The standard InChI is InChI=1S/C21H29N5O/c1-21(2,3)17-9-7-16(8-10-17)11-13-24-20(22-4)25-15-19(27)26-18-6-5-12-23-14-18/h5-10,12,14H,11,13,15H2,1-4H3,(H,26,27)(H2,22,24,25). The molecule has 144 valence electrons. The van der Waals surface area contributed by atoms with E-state index in [1.165, 1.54) is 11.1 Å². The van der Waals surface area contributed by atoms with Crippen molar-refractivity contribution in [2.75, 3.05) is 25.5 Å². The number of anilines is 1. The minimum absolute atomic E-state index is 0.134. The maximum atomic E-state index is 12.0. The Hall–Kier alpha value is -2.89. The zero-order valence-electron chi connectivity index (χ0n) is 16.5. The van der Waals surface area contributed by atoms with E-state index < -0.39 is 0 Å². The molecule has 0 aliphatic rings. The first-order chi connectivity index (χ1) is 12.9. The second-order valence-corrected chi connectivity index (χ2v) is 7.34. The zero-order valence-corrected chi connectivity index (χ0v) is 16.5. The number of aliphatic imine (C=N–C) groups is 1. The van der Waals surface area contributed by atoms with Gasteiger partial charge in [-0.15, -0.1) is 0 Å². The molecule has 0 spiro atoms. The molecule has 0 aliphatic carbocycles. The second-order valence-electron chi connectivity index (χ2n) is 7.34. The number of benzene rings is 1. The predicted molar refractivity (Wildman–Crippen MR) is 111 cm³/mol. The molecule has 6 nitrogen and oxygen atoms in total. The summed E-state index contributed by atoms with van der Waals surface area (Å²) in [7, 11) is 1.69. The normalized spacial score (nSPS) is 11.8. The van der Waals surface area contributed by atoms with Gasteiger partial charge in [0.1, 0.15) is 0 Å². The van der Waals surface area contributed by atoms with Gasteiger partial charge in [-0.3, -0.25) is 14.8 Å². The van der Waals surface area contributed by atoms with Gasteiger partial charge < -0.3 is 16.0 Å². The van der Waals surface area contributed by atoms with Gasteiger partial charge in [-0.1, -0.05) is 45.0 Å². The van der Waals surface area contributed by atoms with Gasteiger partial charge in [-0.2, -0.15) is 0 Å². The van der Waals surface area contributed by atoms with Crippen molar-refractivity contribution in [2.45, 2.75) is 32.6 Å². The number of aromatic nitrogens is 1. The summed E-state index contributed by atoms with van der Waals surface area (Å²) in [6.45, 7) is 7.50. The van der Waals surface area contributed by atoms with E-state index in [9.17, 15) is 4.79 Å². The molecule has 1 heterocycles. The van der Waals surface area contributed by atoms with Crippen molar-refractivity contribution in [1.29, 1.82) is 0 Å². The summed E-state index contributed by atoms with van der Waals surface area (Å²) in [5.41, 5.74) is 3.43. The van der Waals surface area contributed by atoms with Crippen LogP contribution in [0, 0.1) is 0 Å². The molecular formula is C21H29N5O. The number of amides is 1. The van der Waals surface area contributed by atoms with Crippen LogP contribution < -0.4 is 16.0 Å². The Morgan fingerprint density at radius 1 is 1.11 bits per heavy atom. The van der Waals surface area contributed by atoms with Crippen LogP contribution in [0.4, 0.5) is 5.69 Å². The van der Waals surface area contributed by atoms with Gasteiger partial charge >= 0.3 is 0 Å². The molecule has 2 rings (SSSR count). The highest BCUT2D eigenvalue weighted by atomic mass is 16.1. The van der Waals surface area contributed by atoms with Crippen LogP contribution in [0.1, 0.15) is 31.9 Å². The third kappa shape index (κ3) is 7.09. The van der Waals surface area contributed by atoms with Crippen LogP contribution in [0.15, 0.2) is 53.8 Å². The number of carbonyl (C=O) groups excluding carboxylic acids is 1. The third-order valence-corrected chi connectivity index (χ3v) is 4.11. The summed E-state index contributed by atoms with van der Waals surface area (Å²) in [6.07, 6.45) is 4.15. The molecule has 1 amide bonds. The van der Waals surface area contributed by atoms with Crippen LogP contribution >= 0.6 is 0 Å². The number of hydrogen-bond acceptors (Lipinski definition) is 3. The molecular weight excluding hydrogens is 338 g/mol. The summed E-state index contributed by atoms with van der Waals surface area (Å²) in [5.74, 6) is 0.450. The molecule has 3 N–H and O–H groups in total. The lowest BCUT2D eigenvalue weighted by atomic mass is 9.86. The van der Waals surface area contributed by atoms with E-state index in [0.717, 1.165) is 13.0 Å². The maximum absolute atomic E-state index is 12.0. The first-order valence-electron chi connectivity index (χ1n) is 9.12. The molecule has 2 aromatic rings. The molecule has 0 bridgehead atoms. The van der Waals surface area contributed by atoms with Crippen molar-refractivity contribution in [1.82, 2.24) is 15.6 Å². The van der Waals surface area contributed by atoms with Gasteiger partial charge in [0.25, 0.3) is 0 Å². The van der Waals surface area contributed by atoms with Gasteiger partial charge in [0.2, 0.25) is 5.91 Å². The van der Waals surface area contributed by atoms with Crippen LogP contribution in [-0.4, -0.2) is 37.0 Å². The van der Waals surface area contributed by atoms with Crippen molar-refractivity contribution in [2.24, 2.45) is 4.99 Å². The van der Waals surface area contributed by atoms with Crippen LogP contribution in [0.5, 0.6) is 0 Å². The van der Waals surface area contributed by atoms with Crippen molar-refractivity contribution >= 4 is 17.6 Å². The lowest BCUT2D eigenvalue weighted by Gasteiger charge is -2.19. The predicted octanol–water partition coefficient (Wildman–Crippen LogP) is 2.73. The number of nitrogens with zero attached hydrogens (tertiary/aromatic N) is 2. The first kappa shape index (κ1) is 20.4. The Morgan fingerprint density at radius 3 is 2.44 bits per heavy atom. The Morgan fingerprint density at radius 2 is 1.85 bits per heavy atom. The van der Waals surface area contributed by atoms with Gasteiger partial charge in [-0.25, -0.2) is 0 Å². The Labute approximate surface area is 161 Å². The Bertz CT molecular complexity index is 748.